The molecule has 0 saturated heterocycles. The van der Waals surface area contributed by atoms with E-state index in [4.69, 9.17) is 19.6 Å². The molecule has 0 saturated carbocycles. The summed E-state index contributed by atoms with van der Waals surface area (Å²) < 4.78 is 15.3. The Morgan fingerprint density at radius 1 is 1.24 bits per heavy atom. The molecule has 0 aliphatic carbocycles. The zero-order valence-corrected chi connectivity index (χ0v) is 15.1. The molecular formula is C18H19N4O2S+. The molecule has 0 fully saturated rings. The van der Waals surface area contributed by atoms with Crippen molar-refractivity contribution in [2.45, 2.75) is 38.4 Å². The Hall–Kier alpha value is -2.28. The second kappa shape index (κ2) is 5.62. The number of hydrogen-bond donors (Lipinski definition) is 0. The van der Waals surface area contributed by atoms with Gasteiger partial charge in [0.1, 0.15) is 0 Å². The Bertz CT molecular complexity index is 977. The molecule has 2 aromatic heterocycles. The number of benzene rings is 1. The monoisotopic (exact) mass is 355 g/mol. The minimum atomic E-state index is 0.292. The molecule has 128 valence electrons. The fraction of sp³-hybridized carbons (Fsp3) is 0.389. The number of nitrogens with zero attached hydrogens (tertiary/aromatic N) is 4. The van der Waals surface area contributed by atoms with Crippen LogP contribution in [0.3, 0.4) is 0 Å². The highest BCUT2D eigenvalue weighted by atomic mass is 32.2. The van der Waals surface area contributed by atoms with Crippen molar-refractivity contribution in [3.63, 3.8) is 0 Å². The number of aryl methyl sites for hydroxylation is 3. The van der Waals surface area contributed by atoms with Crippen molar-refractivity contribution in [1.82, 2.24) is 14.8 Å². The molecule has 3 aromatic rings. The molecular weight excluding hydrogens is 336 g/mol. The van der Waals surface area contributed by atoms with Crippen molar-refractivity contribution < 1.29 is 14.0 Å². The average Bonchev–Trinajstić information content (AvgIpc) is 3.28. The average molecular weight is 355 g/mol. The molecule has 0 amide bonds. The van der Waals surface area contributed by atoms with Gasteiger partial charge in [-0.3, -0.25) is 0 Å². The molecule has 6 nitrogen and oxygen atoms in total. The second-order valence-electron chi connectivity index (χ2n) is 6.38. The first kappa shape index (κ1) is 15.0. The van der Waals surface area contributed by atoms with E-state index in [0.717, 1.165) is 53.4 Å². The number of ether oxygens (including phenoxy) is 2. The van der Waals surface area contributed by atoms with Gasteiger partial charge >= 0.3 is 5.95 Å². The minimum absolute atomic E-state index is 0.292. The summed E-state index contributed by atoms with van der Waals surface area (Å²) >= 11 is 1.77. The Morgan fingerprint density at radius 2 is 2.08 bits per heavy atom. The zero-order chi connectivity index (χ0) is 17.0. The van der Waals surface area contributed by atoms with Crippen LogP contribution in [0.5, 0.6) is 11.5 Å². The van der Waals surface area contributed by atoms with E-state index in [1.807, 2.05) is 4.68 Å². The fourth-order valence-corrected chi connectivity index (χ4v) is 4.47. The molecule has 0 N–H and O–H groups in total. The highest BCUT2D eigenvalue weighted by Crippen LogP contribution is 2.37. The van der Waals surface area contributed by atoms with Crippen LogP contribution in [-0.2, 0) is 13.0 Å². The smallest absolute Gasteiger partial charge is 0.454 e. The molecule has 0 unspecified atom stereocenters. The molecule has 0 atom stereocenters. The Labute approximate surface area is 149 Å². The van der Waals surface area contributed by atoms with Crippen molar-refractivity contribution in [3.05, 3.63) is 29.6 Å². The van der Waals surface area contributed by atoms with Crippen LogP contribution in [-0.4, -0.2) is 27.3 Å². The third-order valence-corrected chi connectivity index (χ3v) is 5.64. The quantitative estimate of drug-likeness (QED) is 0.676. The lowest BCUT2D eigenvalue weighted by atomic mass is 10.0. The van der Waals surface area contributed by atoms with Crippen molar-refractivity contribution in [3.8, 4) is 17.4 Å². The van der Waals surface area contributed by atoms with Crippen molar-refractivity contribution in [2.75, 3.05) is 12.5 Å². The van der Waals surface area contributed by atoms with Gasteiger partial charge in [-0.05, 0) is 41.9 Å². The standard InChI is InChI=1S/C18H19N4O2S/c1-3-4-14-13-9-16-15(23-10-24-16)8-12(13)7-11(2)22(14)17-19-18-21(20-17)5-6-25-18/h7-9H,3-6,10H2,1-2H3/q+1. The van der Waals surface area contributed by atoms with Crippen molar-refractivity contribution in [1.29, 1.82) is 0 Å². The molecule has 2 aliphatic rings. The van der Waals surface area contributed by atoms with E-state index in [0.29, 0.717) is 6.79 Å². The summed E-state index contributed by atoms with van der Waals surface area (Å²) in [7, 11) is 0. The van der Waals surface area contributed by atoms with Crippen molar-refractivity contribution in [2.24, 2.45) is 0 Å². The second-order valence-corrected chi connectivity index (χ2v) is 7.44. The van der Waals surface area contributed by atoms with Crippen LogP contribution < -0.4 is 14.0 Å². The van der Waals surface area contributed by atoms with Crippen LogP contribution in [0.25, 0.3) is 16.7 Å². The van der Waals surface area contributed by atoms with Crippen molar-refractivity contribution >= 4 is 22.5 Å². The molecule has 0 bridgehead atoms. The van der Waals surface area contributed by atoms with E-state index in [1.165, 1.54) is 16.5 Å². The number of fused-ring (bicyclic) bond motifs is 3. The topological polar surface area (TPSA) is 53.1 Å². The van der Waals surface area contributed by atoms with E-state index in [2.05, 4.69) is 36.6 Å². The van der Waals surface area contributed by atoms with Crippen LogP contribution in [0.1, 0.15) is 24.7 Å². The number of rotatable bonds is 3. The molecule has 7 heteroatoms. The van der Waals surface area contributed by atoms with Gasteiger partial charge in [-0.1, -0.05) is 18.7 Å². The summed E-state index contributed by atoms with van der Waals surface area (Å²) in [6.45, 7) is 5.53. The summed E-state index contributed by atoms with van der Waals surface area (Å²) in [6, 6.07) is 6.34. The van der Waals surface area contributed by atoms with E-state index in [9.17, 15) is 0 Å². The van der Waals surface area contributed by atoms with Gasteiger partial charge in [0, 0.05) is 22.7 Å². The molecule has 2 aliphatic heterocycles. The van der Waals surface area contributed by atoms with Crippen LogP contribution in [0.15, 0.2) is 23.4 Å². The number of aromatic nitrogens is 4. The number of thioether (sulfide) groups is 1. The Balaban J connectivity index is 1.77. The van der Waals surface area contributed by atoms with Gasteiger partial charge in [0.25, 0.3) is 5.16 Å². The molecule has 25 heavy (non-hydrogen) atoms. The van der Waals surface area contributed by atoms with Gasteiger partial charge in [0.2, 0.25) is 6.79 Å². The predicted molar refractivity (Wildman–Crippen MR) is 94.6 cm³/mol. The molecule has 0 radical (unpaired) electrons. The number of pyridine rings is 1. The van der Waals surface area contributed by atoms with E-state index >= 15 is 0 Å². The van der Waals surface area contributed by atoms with E-state index in [-0.39, 0.29) is 0 Å². The summed E-state index contributed by atoms with van der Waals surface area (Å²) in [5.74, 6) is 3.46. The lowest BCUT2D eigenvalue weighted by Gasteiger charge is -2.12. The maximum atomic E-state index is 5.60. The molecule has 5 rings (SSSR count). The van der Waals surface area contributed by atoms with Crippen LogP contribution in [0, 0.1) is 6.92 Å². The Morgan fingerprint density at radius 3 is 2.88 bits per heavy atom. The Kier molecular flexibility index (Phi) is 3.38. The van der Waals surface area contributed by atoms with Gasteiger partial charge < -0.3 is 9.47 Å². The van der Waals surface area contributed by atoms with Crippen LogP contribution in [0.4, 0.5) is 0 Å². The highest BCUT2D eigenvalue weighted by molar-refractivity contribution is 7.99. The first-order valence-electron chi connectivity index (χ1n) is 8.60. The van der Waals surface area contributed by atoms with Gasteiger partial charge in [-0.25, -0.2) is 0 Å². The zero-order valence-electron chi connectivity index (χ0n) is 14.3. The van der Waals surface area contributed by atoms with E-state index < -0.39 is 0 Å². The third kappa shape index (κ3) is 2.29. The lowest BCUT2D eigenvalue weighted by Crippen LogP contribution is -2.41. The van der Waals surface area contributed by atoms with Gasteiger partial charge in [-0.15, -0.1) is 0 Å². The maximum Gasteiger partial charge on any atom is 0.461 e. The number of hydrogen-bond acceptors (Lipinski definition) is 5. The maximum absolute atomic E-state index is 5.60. The molecule has 0 spiro atoms. The predicted octanol–water partition coefficient (Wildman–Crippen LogP) is 2.80. The molecule has 1 aromatic carbocycles. The summed E-state index contributed by atoms with van der Waals surface area (Å²) in [6.07, 6.45) is 2.00. The van der Waals surface area contributed by atoms with Crippen LogP contribution >= 0.6 is 11.8 Å². The molecule has 4 heterocycles. The van der Waals surface area contributed by atoms with Crippen LogP contribution in [0.2, 0.25) is 0 Å². The third-order valence-electron chi connectivity index (χ3n) is 4.69. The van der Waals surface area contributed by atoms with E-state index in [1.54, 1.807) is 11.8 Å². The lowest BCUT2D eigenvalue weighted by molar-refractivity contribution is -0.617. The van der Waals surface area contributed by atoms with Gasteiger partial charge in [0.05, 0.1) is 17.9 Å². The normalized spacial score (nSPS) is 15.1. The summed E-state index contributed by atoms with van der Waals surface area (Å²) in [4.78, 5) is 4.77. The van der Waals surface area contributed by atoms with Gasteiger partial charge in [-0.2, -0.15) is 9.25 Å². The first-order chi connectivity index (χ1) is 12.2. The SMILES string of the molecule is CCCc1c2cc3c(cc2cc(C)[n+]1-c1nc2n(n1)CCS2)OCO3. The fourth-order valence-electron chi connectivity index (χ4n) is 3.60. The minimum Gasteiger partial charge on any atom is -0.454 e. The largest absolute Gasteiger partial charge is 0.461 e. The highest BCUT2D eigenvalue weighted by Gasteiger charge is 2.29. The summed E-state index contributed by atoms with van der Waals surface area (Å²) in [5.41, 5.74) is 2.36. The summed E-state index contributed by atoms with van der Waals surface area (Å²) in [5, 5.41) is 8.09. The van der Waals surface area contributed by atoms with Gasteiger partial charge in [0.15, 0.2) is 11.5 Å². The first-order valence-corrected chi connectivity index (χ1v) is 9.59.